The number of hydrogen-bond donors (Lipinski definition) is 1. The lowest BCUT2D eigenvalue weighted by Crippen LogP contribution is -2.28. The first-order valence-electron chi connectivity index (χ1n) is 6.47. The number of anilines is 1. The van der Waals surface area contributed by atoms with Crippen molar-refractivity contribution in [2.45, 2.75) is 38.1 Å². The lowest BCUT2D eigenvalue weighted by atomic mass is 9.86. The molecule has 0 amide bonds. The molecule has 0 spiro atoms. The Morgan fingerprint density at radius 3 is 2.75 bits per heavy atom. The van der Waals surface area contributed by atoms with E-state index in [0.717, 1.165) is 5.69 Å². The summed E-state index contributed by atoms with van der Waals surface area (Å²) in [5.41, 5.74) is 9.88. The van der Waals surface area contributed by atoms with Crippen molar-refractivity contribution < 1.29 is 0 Å². The van der Waals surface area contributed by atoms with Crippen LogP contribution in [0.2, 0.25) is 0 Å². The second-order valence-corrected chi connectivity index (χ2v) is 5.11. The Kier molecular flexibility index (Phi) is 2.60. The van der Waals surface area contributed by atoms with Gasteiger partial charge in [-0.25, -0.2) is 0 Å². The first-order valence-corrected chi connectivity index (χ1v) is 6.47. The summed E-state index contributed by atoms with van der Waals surface area (Å²) in [6.45, 7) is 2.55. The molecular formula is C14H20N2. The largest absolute Gasteiger partial charge is 0.399 e. The maximum Gasteiger partial charge on any atom is 0.0351 e. The number of aryl methyl sites for hydroxylation is 1. The lowest BCUT2D eigenvalue weighted by Gasteiger charge is -2.33. The summed E-state index contributed by atoms with van der Waals surface area (Å²) < 4.78 is 0. The molecule has 1 fully saturated rings. The standard InChI is InChI=1S/C14H20N2/c15-12-7-6-11-4-3-5-14(13(11)10-12)16-8-1-2-9-16/h6-7,10,14H,1-5,8-9,15H2. The normalized spacial score (nSPS) is 25.6. The molecule has 2 nitrogen and oxygen atoms in total. The zero-order chi connectivity index (χ0) is 11.0. The third kappa shape index (κ3) is 1.71. The van der Waals surface area contributed by atoms with E-state index in [1.54, 1.807) is 0 Å². The molecule has 3 rings (SSSR count). The molecule has 1 aromatic carbocycles. The van der Waals surface area contributed by atoms with Gasteiger partial charge in [0.2, 0.25) is 0 Å². The molecule has 0 radical (unpaired) electrons. The van der Waals surface area contributed by atoms with Gasteiger partial charge in [0.1, 0.15) is 0 Å². The summed E-state index contributed by atoms with van der Waals surface area (Å²) >= 11 is 0. The van der Waals surface area contributed by atoms with E-state index in [-0.39, 0.29) is 0 Å². The molecule has 1 heterocycles. The quantitative estimate of drug-likeness (QED) is 0.731. The second kappa shape index (κ2) is 4.10. The van der Waals surface area contributed by atoms with Crippen molar-refractivity contribution in [3.63, 3.8) is 0 Å². The lowest BCUT2D eigenvalue weighted by molar-refractivity contribution is 0.222. The fourth-order valence-electron chi connectivity index (χ4n) is 3.23. The summed E-state index contributed by atoms with van der Waals surface area (Å²) in [7, 11) is 0. The highest BCUT2D eigenvalue weighted by Crippen LogP contribution is 2.36. The number of nitrogens with zero attached hydrogens (tertiary/aromatic N) is 1. The minimum absolute atomic E-state index is 0.648. The van der Waals surface area contributed by atoms with Gasteiger partial charge in [-0.05, 0) is 68.5 Å². The minimum atomic E-state index is 0.648. The molecule has 1 atom stereocenters. The van der Waals surface area contributed by atoms with Crippen molar-refractivity contribution in [3.8, 4) is 0 Å². The molecule has 2 heteroatoms. The highest BCUT2D eigenvalue weighted by Gasteiger charge is 2.27. The summed E-state index contributed by atoms with van der Waals surface area (Å²) in [6, 6.07) is 7.13. The van der Waals surface area contributed by atoms with Crippen LogP contribution in [0.1, 0.15) is 42.9 Å². The molecule has 1 unspecified atom stereocenters. The molecule has 0 saturated carbocycles. The Morgan fingerprint density at radius 1 is 1.12 bits per heavy atom. The second-order valence-electron chi connectivity index (χ2n) is 5.11. The van der Waals surface area contributed by atoms with Crippen LogP contribution in [0.5, 0.6) is 0 Å². The van der Waals surface area contributed by atoms with E-state index in [0.29, 0.717) is 6.04 Å². The predicted molar refractivity (Wildman–Crippen MR) is 67.3 cm³/mol. The van der Waals surface area contributed by atoms with Crippen molar-refractivity contribution in [2.75, 3.05) is 18.8 Å². The number of fused-ring (bicyclic) bond motifs is 1. The van der Waals surface area contributed by atoms with Crippen LogP contribution < -0.4 is 5.73 Å². The van der Waals surface area contributed by atoms with E-state index in [1.807, 2.05) is 6.07 Å². The SMILES string of the molecule is Nc1ccc2c(c1)C(N1CCCC1)CCC2. The molecule has 2 N–H and O–H groups in total. The number of nitrogen functional groups attached to an aromatic ring is 1. The Hall–Kier alpha value is -1.02. The topological polar surface area (TPSA) is 29.3 Å². The first-order chi connectivity index (χ1) is 7.84. The number of nitrogens with two attached hydrogens (primary N) is 1. The van der Waals surface area contributed by atoms with Gasteiger partial charge in [0.25, 0.3) is 0 Å². The monoisotopic (exact) mass is 216 g/mol. The number of benzene rings is 1. The van der Waals surface area contributed by atoms with Crippen LogP contribution >= 0.6 is 0 Å². The average Bonchev–Trinajstić information content (AvgIpc) is 2.81. The van der Waals surface area contributed by atoms with Gasteiger partial charge in [0, 0.05) is 11.7 Å². The zero-order valence-corrected chi connectivity index (χ0v) is 9.78. The molecule has 0 aromatic heterocycles. The van der Waals surface area contributed by atoms with Gasteiger partial charge in [-0.15, -0.1) is 0 Å². The van der Waals surface area contributed by atoms with E-state index < -0.39 is 0 Å². The smallest absolute Gasteiger partial charge is 0.0351 e. The maximum atomic E-state index is 5.92. The molecule has 0 bridgehead atoms. The Bertz CT molecular complexity index is 380. The van der Waals surface area contributed by atoms with Crippen molar-refractivity contribution >= 4 is 5.69 Å². The third-order valence-corrected chi connectivity index (χ3v) is 4.03. The van der Waals surface area contributed by atoms with Crippen LogP contribution in [0, 0.1) is 0 Å². The van der Waals surface area contributed by atoms with Gasteiger partial charge in [-0.1, -0.05) is 6.07 Å². The minimum Gasteiger partial charge on any atom is -0.399 e. The summed E-state index contributed by atoms with van der Waals surface area (Å²) in [4.78, 5) is 2.65. The highest BCUT2D eigenvalue weighted by molar-refractivity contribution is 5.47. The summed E-state index contributed by atoms with van der Waals surface area (Å²) in [6.07, 6.45) is 6.62. The predicted octanol–water partition coefficient (Wildman–Crippen LogP) is 2.74. The van der Waals surface area contributed by atoms with Crippen LogP contribution in [0.3, 0.4) is 0 Å². The van der Waals surface area contributed by atoms with Crippen LogP contribution in [-0.2, 0) is 6.42 Å². The number of likely N-dealkylation sites (tertiary alicyclic amines) is 1. The Balaban J connectivity index is 1.94. The van der Waals surface area contributed by atoms with Crippen molar-refractivity contribution in [1.29, 1.82) is 0 Å². The summed E-state index contributed by atoms with van der Waals surface area (Å²) in [5.74, 6) is 0. The Labute approximate surface area is 97.4 Å². The van der Waals surface area contributed by atoms with Crippen LogP contribution in [0.15, 0.2) is 18.2 Å². The molecule has 2 aliphatic rings. The van der Waals surface area contributed by atoms with Gasteiger partial charge >= 0.3 is 0 Å². The van der Waals surface area contributed by atoms with E-state index in [2.05, 4.69) is 17.0 Å². The number of rotatable bonds is 1. The fourth-order valence-corrected chi connectivity index (χ4v) is 3.23. The van der Waals surface area contributed by atoms with E-state index >= 15 is 0 Å². The van der Waals surface area contributed by atoms with Gasteiger partial charge < -0.3 is 5.73 Å². The average molecular weight is 216 g/mol. The van der Waals surface area contributed by atoms with Gasteiger partial charge in [0.15, 0.2) is 0 Å². The van der Waals surface area contributed by atoms with Crippen molar-refractivity contribution in [2.24, 2.45) is 0 Å². The van der Waals surface area contributed by atoms with Crippen LogP contribution in [-0.4, -0.2) is 18.0 Å². The molecule has 1 aromatic rings. The first kappa shape index (κ1) is 10.2. The van der Waals surface area contributed by atoms with Crippen molar-refractivity contribution in [1.82, 2.24) is 4.90 Å². The molecule has 1 aliphatic carbocycles. The van der Waals surface area contributed by atoms with Gasteiger partial charge in [0.05, 0.1) is 0 Å². The van der Waals surface area contributed by atoms with Crippen LogP contribution in [0.4, 0.5) is 5.69 Å². The van der Waals surface area contributed by atoms with Gasteiger partial charge in [-0.2, -0.15) is 0 Å². The van der Waals surface area contributed by atoms with Crippen molar-refractivity contribution in [3.05, 3.63) is 29.3 Å². The van der Waals surface area contributed by atoms with E-state index in [4.69, 9.17) is 5.73 Å². The molecule has 1 saturated heterocycles. The van der Waals surface area contributed by atoms with Gasteiger partial charge in [-0.3, -0.25) is 4.90 Å². The maximum absolute atomic E-state index is 5.92. The van der Waals surface area contributed by atoms with E-state index in [1.165, 1.54) is 56.3 Å². The van der Waals surface area contributed by atoms with E-state index in [9.17, 15) is 0 Å². The molecule has 16 heavy (non-hydrogen) atoms. The van der Waals surface area contributed by atoms with Crippen LogP contribution in [0.25, 0.3) is 0 Å². The highest BCUT2D eigenvalue weighted by atomic mass is 15.2. The summed E-state index contributed by atoms with van der Waals surface area (Å²) in [5, 5.41) is 0. The zero-order valence-electron chi connectivity index (χ0n) is 9.78. The number of hydrogen-bond acceptors (Lipinski definition) is 2. The molecule has 1 aliphatic heterocycles. The fraction of sp³-hybridized carbons (Fsp3) is 0.571. The Morgan fingerprint density at radius 2 is 1.94 bits per heavy atom. The molecular weight excluding hydrogens is 196 g/mol. The molecule has 86 valence electrons. The third-order valence-electron chi connectivity index (χ3n) is 4.03.